The SMILES string of the molecule is CCN1CCCC1CN(Cc1cc2cc(C)cc(C)c2[nH]c1=O)C(=O)NC1CCCCC1. The molecular formula is C26H38N4O2. The number of urea groups is 1. The van der Waals surface area contributed by atoms with Crippen LogP contribution in [-0.4, -0.2) is 52.5 Å². The van der Waals surface area contributed by atoms with E-state index in [1.807, 2.05) is 17.9 Å². The Bertz CT molecular complexity index is 1010. The normalized spacial score (nSPS) is 20.0. The van der Waals surface area contributed by atoms with Crippen LogP contribution in [0.3, 0.4) is 0 Å². The van der Waals surface area contributed by atoms with Gasteiger partial charge in [-0.25, -0.2) is 4.79 Å². The molecule has 2 N–H and O–H groups in total. The number of fused-ring (bicyclic) bond motifs is 1. The van der Waals surface area contributed by atoms with Crippen LogP contribution in [0.1, 0.15) is 68.6 Å². The third-order valence-electron chi connectivity index (χ3n) is 7.29. The second-order valence-electron chi connectivity index (χ2n) is 9.76. The minimum absolute atomic E-state index is 0.0280. The first kappa shape index (κ1) is 22.8. The van der Waals surface area contributed by atoms with Crippen LogP contribution < -0.4 is 10.9 Å². The number of nitrogens with zero attached hydrogens (tertiary/aromatic N) is 2. The Hall–Kier alpha value is -2.34. The highest BCUT2D eigenvalue weighted by molar-refractivity contribution is 5.83. The Morgan fingerprint density at radius 1 is 1.12 bits per heavy atom. The molecule has 1 aliphatic heterocycles. The smallest absolute Gasteiger partial charge is 0.317 e. The van der Waals surface area contributed by atoms with E-state index in [0.717, 1.165) is 48.8 Å². The van der Waals surface area contributed by atoms with E-state index < -0.39 is 0 Å². The Morgan fingerprint density at radius 3 is 2.66 bits per heavy atom. The van der Waals surface area contributed by atoms with Crippen molar-refractivity contribution in [2.75, 3.05) is 19.6 Å². The molecule has 4 rings (SSSR count). The molecule has 6 heteroatoms. The van der Waals surface area contributed by atoms with Crippen LogP contribution in [-0.2, 0) is 6.54 Å². The summed E-state index contributed by atoms with van der Waals surface area (Å²) in [5.41, 5.74) is 3.68. The van der Waals surface area contributed by atoms with Gasteiger partial charge >= 0.3 is 6.03 Å². The number of rotatable bonds is 6. The van der Waals surface area contributed by atoms with Crippen LogP contribution in [0.15, 0.2) is 23.0 Å². The summed E-state index contributed by atoms with van der Waals surface area (Å²) < 4.78 is 0. The zero-order chi connectivity index (χ0) is 22.7. The summed E-state index contributed by atoms with van der Waals surface area (Å²) >= 11 is 0. The lowest BCUT2D eigenvalue weighted by Crippen LogP contribution is -2.50. The summed E-state index contributed by atoms with van der Waals surface area (Å²) in [5, 5.41) is 4.31. The fourth-order valence-corrected chi connectivity index (χ4v) is 5.56. The van der Waals surface area contributed by atoms with E-state index in [2.05, 4.69) is 41.2 Å². The standard InChI is InChI=1S/C26H38N4O2/c1-4-29-12-8-11-23(29)17-30(26(32)27-22-9-6-5-7-10-22)16-21-15-20-14-18(2)13-19(3)24(20)28-25(21)31/h13-15,22-23H,4-12,16-17H2,1-3H3,(H,27,32)(H,28,31). The molecule has 0 radical (unpaired) electrons. The van der Waals surface area contributed by atoms with Gasteiger partial charge in [0, 0.05) is 24.2 Å². The monoisotopic (exact) mass is 438 g/mol. The van der Waals surface area contributed by atoms with Crippen LogP contribution in [0.2, 0.25) is 0 Å². The number of H-pyrrole nitrogens is 1. The van der Waals surface area contributed by atoms with Crippen molar-refractivity contribution in [1.29, 1.82) is 0 Å². The molecule has 6 nitrogen and oxygen atoms in total. The number of aryl methyl sites for hydroxylation is 2. The largest absolute Gasteiger partial charge is 0.335 e. The predicted octanol–water partition coefficient (Wildman–Crippen LogP) is 4.47. The van der Waals surface area contributed by atoms with Crippen LogP contribution >= 0.6 is 0 Å². The molecule has 2 amide bonds. The minimum atomic E-state index is -0.0984. The van der Waals surface area contributed by atoms with Gasteiger partial charge in [0.05, 0.1) is 12.1 Å². The Balaban J connectivity index is 1.59. The lowest BCUT2D eigenvalue weighted by atomic mass is 9.96. The fraction of sp³-hybridized carbons (Fsp3) is 0.615. The first-order valence-corrected chi connectivity index (χ1v) is 12.4. The van der Waals surface area contributed by atoms with E-state index in [9.17, 15) is 9.59 Å². The highest BCUT2D eigenvalue weighted by Gasteiger charge is 2.29. The average Bonchev–Trinajstić information content (AvgIpc) is 3.22. The summed E-state index contributed by atoms with van der Waals surface area (Å²) in [6.45, 7) is 9.37. The van der Waals surface area contributed by atoms with Crippen molar-refractivity contribution in [3.63, 3.8) is 0 Å². The number of aromatic amines is 1. The molecule has 1 aromatic heterocycles. The van der Waals surface area contributed by atoms with Gasteiger partial charge in [-0.2, -0.15) is 0 Å². The number of nitrogens with one attached hydrogen (secondary N) is 2. The van der Waals surface area contributed by atoms with Gasteiger partial charge in [0.2, 0.25) is 0 Å². The first-order chi connectivity index (χ1) is 15.4. The van der Waals surface area contributed by atoms with Gasteiger partial charge < -0.3 is 15.2 Å². The molecule has 0 spiro atoms. The maximum atomic E-state index is 13.4. The highest BCUT2D eigenvalue weighted by Crippen LogP contribution is 2.22. The molecule has 1 saturated heterocycles. The van der Waals surface area contributed by atoms with Gasteiger partial charge in [0.25, 0.3) is 5.56 Å². The van der Waals surface area contributed by atoms with Crippen molar-refractivity contribution in [2.45, 2.75) is 84.3 Å². The molecule has 2 fully saturated rings. The molecule has 2 heterocycles. The molecule has 32 heavy (non-hydrogen) atoms. The van der Waals surface area contributed by atoms with E-state index in [4.69, 9.17) is 0 Å². The number of pyridine rings is 1. The van der Waals surface area contributed by atoms with Gasteiger partial charge in [-0.05, 0) is 75.7 Å². The number of amides is 2. The van der Waals surface area contributed by atoms with Crippen LogP contribution in [0.5, 0.6) is 0 Å². The number of likely N-dealkylation sites (tertiary alicyclic amines) is 1. The zero-order valence-corrected chi connectivity index (χ0v) is 19.9. The molecule has 1 unspecified atom stereocenters. The van der Waals surface area contributed by atoms with E-state index in [1.54, 1.807) is 0 Å². The quantitative estimate of drug-likeness (QED) is 0.699. The fourth-order valence-electron chi connectivity index (χ4n) is 5.56. The third kappa shape index (κ3) is 5.17. The molecule has 2 aromatic rings. The molecule has 1 aromatic carbocycles. The van der Waals surface area contributed by atoms with Crippen LogP contribution in [0, 0.1) is 13.8 Å². The number of carbonyl (C=O) groups excluding carboxylic acids is 1. The number of aromatic nitrogens is 1. The van der Waals surface area contributed by atoms with Crippen molar-refractivity contribution in [3.05, 3.63) is 45.2 Å². The summed E-state index contributed by atoms with van der Waals surface area (Å²) in [6, 6.07) is 6.75. The van der Waals surface area contributed by atoms with Crippen molar-refractivity contribution < 1.29 is 4.79 Å². The number of hydrogen-bond donors (Lipinski definition) is 2. The molecule has 1 aliphatic carbocycles. The number of hydrogen-bond acceptors (Lipinski definition) is 3. The molecule has 2 aliphatic rings. The second kappa shape index (κ2) is 10.1. The van der Waals surface area contributed by atoms with Gasteiger partial charge in [-0.3, -0.25) is 9.69 Å². The second-order valence-corrected chi connectivity index (χ2v) is 9.76. The first-order valence-electron chi connectivity index (χ1n) is 12.4. The molecule has 174 valence electrons. The van der Waals surface area contributed by atoms with Crippen LogP contribution in [0.25, 0.3) is 10.9 Å². The number of carbonyl (C=O) groups is 1. The lowest BCUT2D eigenvalue weighted by Gasteiger charge is -2.32. The van der Waals surface area contributed by atoms with Crippen LogP contribution in [0.4, 0.5) is 4.79 Å². The number of likely N-dealkylation sites (N-methyl/N-ethyl adjacent to an activating group) is 1. The van der Waals surface area contributed by atoms with Crippen molar-refractivity contribution >= 4 is 16.9 Å². The Labute approximate surface area is 191 Å². The molecular weight excluding hydrogens is 400 g/mol. The van der Waals surface area contributed by atoms with E-state index >= 15 is 0 Å². The Morgan fingerprint density at radius 2 is 1.91 bits per heavy atom. The van der Waals surface area contributed by atoms with Crippen molar-refractivity contribution in [3.8, 4) is 0 Å². The summed E-state index contributed by atoms with van der Waals surface area (Å²) in [5.74, 6) is 0. The van der Waals surface area contributed by atoms with Gasteiger partial charge in [0.1, 0.15) is 0 Å². The minimum Gasteiger partial charge on any atom is -0.335 e. The van der Waals surface area contributed by atoms with Gasteiger partial charge in [-0.15, -0.1) is 0 Å². The topological polar surface area (TPSA) is 68.4 Å². The predicted molar refractivity (Wildman–Crippen MR) is 130 cm³/mol. The molecule has 1 saturated carbocycles. The maximum Gasteiger partial charge on any atom is 0.317 e. The lowest BCUT2D eigenvalue weighted by molar-refractivity contribution is 0.159. The number of benzene rings is 1. The average molecular weight is 439 g/mol. The summed E-state index contributed by atoms with van der Waals surface area (Å²) in [4.78, 5) is 33.7. The van der Waals surface area contributed by atoms with Crippen molar-refractivity contribution in [2.24, 2.45) is 0 Å². The zero-order valence-electron chi connectivity index (χ0n) is 19.9. The van der Waals surface area contributed by atoms with E-state index in [0.29, 0.717) is 24.7 Å². The maximum absolute atomic E-state index is 13.4. The van der Waals surface area contributed by atoms with Crippen molar-refractivity contribution in [1.82, 2.24) is 20.1 Å². The highest BCUT2D eigenvalue weighted by atomic mass is 16.2. The molecule has 0 bridgehead atoms. The Kier molecular flexibility index (Phi) is 7.19. The third-order valence-corrected chi connectivity index (χ3v) is 7.29. The van der Waals surface area contributed by atoms with E-state index in [-0.39, 0.29) is 17.6 Å². The van der Waals surface area contributed by atoms with Gasteiger partial charge in [-0.1, -0.05) is 37.8 Å². The van der Waals surface area contributed by atoms with Gasteiger partial charge in [0.15, 0.2) is 0 Å². The summed E-state index contributed by atoms with van der Waals surface area (Å²) in [6.07, 6.45) is 8.01. The molecule has 1 atom stereocenters. The van der Waals surface area contributed by atoms with E-state index in [1.165, 1.54) is 31.2 Å². The summed E-state index contributed by atoms with van der Waals surface area (Å²) in [7, 11) is 0.